The lowest BCUT2D eigenvalue weighted by Crippen LogP contribution is -2.36. The van der Waals surface area contributed by atoms with Gasteiger partial charge in [-0.15, -0.1) is 0 Å². The van der Waals surface area contributed by atoms with E-state index in [1.807, 2.05) is 0 Å². The molecule has 0 fully saturated rings. The summed E-state index contributed by atoms with van der Waals surface area (Å²) >= 11 is 0. The third kappa shape index (κ3) is 5.71. The van der Waals surface area contributed by atoms with Crippen LogP contribution >= 0.6 is 0 Å². The Hall–Kier alpha value is -1.56. The molecule has 2 rings (SSSR count). The van der Waals surface area contributed by atoms with Gasteiger partial charge in [0.05, 0.1) is 0 Å². The van der Waals surface area contributed by atoms with Crippen molar-refractivity contribution < 1.29 is 0 Å². The van der Waals surface area contributed by atoms with Gasteiger partial charge in [-0.25, -0.2) is 0 Å². The average molecular weight is 365 g/mol. The van der Waals surface area contributed by atoms with E-state index in [0.717, 1.165) is 11.8 Å². The molecule has 2 aromatic carbocycles. The minimum absolute atomic E-state index is 0.189. The summed E-state index contributed by atoms with van der Waals surface area (Å²) in [5.74, 6) is 1.47. The van der Waals surface area contributed by atoms with Gasteiger partial charge in [0.15, 0.2) is 0 Å². The maximum absolute atomic E-state index is 2.51. The second-order valence-corrected chi connectivity index (χ2v) is 9.47. The Labute approximate surface area is 168 Å². The van der Waals surface area contributed by atoms with Crippen LogP contribution in [0.1, 0.15) is 84.8 Å². The quantitative estimate of drug-likeness (QED) is 0.399. The first kappa shape index (κ1) is 21.7. The van der Waals surface area contributed by atoms with E-state index in [2.05, 4.69) is 102 Å². The Morgan fingerprint density at radius 3 is 1.26 bits per heavy atom. The summed E-state index contributed by atoms with van der Waals surface area (Å²) in [4.78, 5) is 0. The summed E-state index contributed by atoms with van der Waals surface area (Å²) in [5.41, 5.74) is 3.37. The number of rotatable bonds is 10. The monoisotopic (exact) mass is 364 g/mol. The van der Waals surface area contributed by atoms with Crippen molar-refractivity contribution in [2.75, 3.05) is 0 Å². The van der Waals surface area contributed by atoms with E-state index in [0.29, 0.717) is 0 Å². The van der Waals surface area contributed by atoms with Crippen LogP contribution in [0.5, 0.6) is 0 Å². The van der Waals surface area contributed by atoms with Crippen LogP contribution in [0.25, 0.3) is 0 Å². The zero-order chi connectivity index (χ0) is 19.9. The van der Waals surface area contributed by atoms with Gasteiger partial charge in [-0.3, -0.25) is 0 Å². The Morgan fingerprint density at radius 1 is 0.630 bits per heavy atom. The van der Waals surface area contributed by atoms with Gasteiger partial charge in [-0.05, 0) is 53.1 Å². The SMILES string of the molecule is CCC(C)CC(C)(CC(C)(CC(C)CC)c1ccccc1)c1ccccc1. The van der Waals surface area contributed by atoms with Gasteiger partial charge in [-0.1, -0.05) is 115 Å². The minimum Gasteiger partial charge on any atom is -0.0651 e. The van der Waals surface area contributed by atoms with Crippen molar-refractivity contribution in [3.8, 4) is 0 Å². The van der Waals surface area contributed by atoms with Gasteiger partial charge in [0.1, 0.15) is 0 Å². The summed E-state index contributed by atoms with van der Waals surface area (Å²) < 4.78 is 0. The molecule has 2 aromatic rings. The van der Waals surface area contributed by atoms with Crippen LogP contribution in [-0.4, -0.2) is 0 Å². The van der Waals surface area contributed by atoms with Gasteiger partial charge in [0.25, 0.3) is 0 Å². The molecule has 0 saturated heterocycles. The van der Waals surface area contributed by atoms with Crippen molar-refractivity contribution in [2.45, 2.75) is 84.5 Å². The van der Waals surface area contributed by atoms with E-state index in [1.165, 1.54) is 43.2 Å². The fourth-order valence-electron chi connectivity index (χ4n) is 4.95. The molecule has 0 bridgehead atoms. The third-order valence-corrected chi connectivity index (χ3v) is 6.71. The number of hydrogen-bond donors (Lipinski definition) is 0. The molecule has 0 aliphatic rings. The lowest BCUT2D eigenvalue weighted by atomic mass is 9.61. The fraction of sp³-hybridized carbons (Fsp3) is 0.556. The Morgan fingerprint density at radius 2 is 0.963 bits per heavy atom. The van der Waals surface area contributed by atoms with Crippen LogP contribution in [-0.2, 0) is 10.8 Å². The van der Waals surface area contributed by atoms with Crippen molar-refractivity contribution >= 4 is 0 Å². The molecule has 0 radical (unpaired) electrons. The summed E-state index contributed by atoms with van der Waals surface area (Å²) in [7, 11) is 0. The normalized spacial score (nSPS) is 18.3. The molecular weight excluding hydrogens is 324 g/mol. The lowest BCUT2D eigenvalue weighted by Gasteiger charge is -2.43. The first-order chi connectivity index (χ1) is 12.8. The zero-order valence-corrected chi connectivity index (χ0v) is 18.5. The van der Waals surface area contributed by atoms with E-state index in [1.54, 1.807) is 0 Å². The van der Waals surface area contributed by atoms with Crippen molar-refractivity contribution in [1.82, 2.24) is 0 Å². The van der Waals surface area contributed by atoms with Gasteiger partial charge in [0.2, 0.25) is 0 Å². The van der Waals surface area contributed by atoms with Crippen molar-refractivity contribution in [1.29, 1.82) is 0 Å². The highest BCUT2D eigenvalue weighted by atomic mass is 14.4. The van der Waals surface area contributed by atoms with Crippen LogP contribution in [0.15, 0.2) is 60.7 Å². The van der Waals surface area contributed by atoms with Gasteiger partial charge < -0.3 is 0 Å². The van der Waals surface area contributed by atoms with E-state index < -0.39 is 0 Å². The van der Waals surface area contributed by atoms with E-state index in [-0.39, 0.29) is 10.8 Å². The van der Waals surface area contributed by atoms with E-state index in [9.17, 15) is 0 Å². The summed E-state index contributed by atoms with van der Waals surface area (Å²) in [6, 6.07) is 22.5. The molecule has 0 saturated carbocycles. The molecule has 0 aromatic heterocycles. The van der Waals surface area contributed by atoms with Crippen LogP contribution in [0.3, 0.4) is 0 Å². The van der Waals surface area contributed by atoms with Gasteiger partial charge >= 0.3 is 0 Å². The van der Waals surface area contributed by atoms with Crippen molar-refractivity contribution in [2.24, 2.45) is 11.8 Å². The van der Waals surface area contributed by atoms with E-state index >= 15 is 0 Å². The van der Waals surface area contributed by atoms with Crippen LogP contribution in [0.2, 0.25) is 0 Å². The summed E-state index contributed by atoms with van der Waals surface area (Å²) in [6.07, 6.45) is 6.18. The number of benzene rings is 2. The maximum atomic E-state index is 2.51. The molecule has 4 unspecified atom stereocenters. The second-order valence-electron chi connectivity index (χ2n) is 9.47. The smallest absolute Gasteiger partial charge is 0.00644 e. The van der Waals surface area contributed by atoms with Gasteiger partial charge in [-0.2, -0.15) is 0 Å². The Balaban J connectivity index is 2.46. The van der Waals surface area contributed by atoms with Crippen LogP contribution in [0.4, 0.5) is 0 Å². The predicted octanol–water partition coefficient (Wildman–Crippen LogP) is 8.16. The molecule has 0 heteroatoms. The van der Waals surface area contributed by atoms with Crippen LogP contribution in [0, 0.1) is 11.8 Å². The van der Waals surface area contributed by atoms with Crippen molar-refractivity contribution in [3.63, 3.8) is 0 Å². The molecule has 4 atom stereocenters. The predicted molar refractivity (Wildman–Crippen MR) is 120 cm³/mol. The Bertz CT molecular complexity index is 599. The molecule has 0 nitrogen and oxygen atoms in total. The molecule has 0 spiro atoms. The summed E-state index contributed by atoms with van der Waals surface area (Å²) in [5, 5.41) is 0. The average Bonchev–Trinajstić information content (AvgIpc) is 2.69. The highest BCUT2D eigenvalue weighted by Crippen LogP contribution is 2.46. The largest absolute Gasteiger partial charge is 0.0651 e. The molecule has 0 aliphatic carbocycles. The highest BCUT2D eigenvalue weighted by Gasteiger charge is 2.38. The Kier molecular flexibility index (Phi) is 7.71. The molecule has 0 amide bonds. The highest BCUT2D eigenvalue weighted by molar-refractivity contribution is 5.30. The van der Waals surface area contributed by atoms with Crippen molar-refractivity contribution in [3.05, 3.63) is 71.8 Å². The molecule has 0 heterocycles. The zero-order valence-electron chi connectivity index (χ0n) is 18.5. The maximum Gasteiger partial charge on any atom is -0.00644 e. The second kappa shape index (κ2) is 9.58. The lowest BCUT2D eigenvalue weighted by molar-refractivity contribution is 0.225. The number of hydrogen-bond acceptors (Lipinski definition) is 0. The third-order valence-electron chi connectivity index (χ3n) is 6.71. The molecule has 0 N–H and O–H groups in total. The van der Waals surface area contributed by atoms with Crippen LogP contribution < -0.4 is 0 Å². The summed E-state index contributed by atoms with van der Waals surface area (Å²) in [6.45, 7) is 14.5. The molecular formula is C27H40. The first-order valence-corrected chi connectivity index (χ1v) is 10.9. The van der Waals surface area contributed by atoms with Gasteiger partial charge in [0, 0.05) is 0 Å². The minimum atomic E-state index is 0.189. The molecule has 148 valence electrons. The first-order valence-electron chi connectivity index (χ1n) is 10.9. The molecule has 27 heavy (non-hydrogen) atoms. The topological polar surface area (TPSA) is 0 Å². The standard InChI is InChI=1S/C27H40/c1-7-22(3)19-26(5,24-15-11-9-12-16-24)21-27(6,20-23(4)8-2)25-17-13-10-14-18-25/h9-18,22-23H,7-8,19-21H2,1-6H3. The molecule has 0 aliphatic heterocycles. The fourth-order valence-corrected chi connectivity index (χ4v) is 4.95. The van der Waals surface area contributed by atoms with E-state index in [4.69, 9.17) is 0 Å².